The number of nitrogen functional groups attached to an aromatic ring is 1. The Bertz CT molecular complexity index is 719. The van der Waals surface area contributed by atoms with Crippen LogP contribution in [0.5, 0.6) is 0 Å². The summed E-state index contributed by atoms with van der Waals surface area (Å²) in [4.78, 5) is 26.7. The Morgan fingerprint density at radius 2 is 2.04 bits per heavy atom. The van der Waals surface area contributed by atoms with E-state index in [2.05, 4.69) is 20.8 Å². The largest absolute Gasteiger partial charge is 0.452 e. The van der Waals surface area contributed by atoms with E-state index in [1.807, 2.05) is 4.90 Å². The highest BCUT2D eigenvalue weighted by molar-refractivity contribution is 6.31. The van der Waals surface area contributed by atoms with Crippen molar-refractivity contribution in [2.75, 3.05) is 18.9 Å². The number of anilines is 1. The SMILES string of the molecule is CC1(C)CC2CC(C)(CN2C(=O)COC(=O)c2ccc(Cl)cc2N)C1. The van der Waals surface area contributed by atoms with Gasteiger partial charge in [-0.3, -0.25) is 4.79 Å². The molecule has 1 heterocycles. The van der Waals surface area contributed by atoms with Crippen molar-refractivity contribution in [1.29, 1.82) is 0 Å². The Morgan fingerprint density at radius 1 is 1.32 bits per heavy atom. The minimum atomic E-state index is -0.601. The molecule has 3 rings (SSSR count). The maximum atomic E-state index is 12.6. The van der Waals surface area contributed by atoms with Gasteiger partial charge in [0.05, 0.1) is 5.56 Å². The number of likely N-dealkylation sites (tertiary alicyclic amines) is 1. The van der Waals surface area contributed by atoms with Crippen molar-refractivity contribution in [1.82, 2.24) is 4.90 Å². The van der Waals surface area contributed by atoms with Gasteiger partial charge in [-0.15, -0.1) is 0 Å². The number of rotatable bonds is 3. The molecule has 2 N–H and O–H groups in total. The quantitative estimate of drug-likeness (QED) is 0.658. The monoisotopic (exact) mass is 364 g/mol. The molecule has 6 heteroatoms. The van der Waals surface area contributed by atoms with E-state index in [0.29, 0.717) is 5.02 Å². The molecule has 0 spiro atoms. The third kappa shape index (κ3) is 3.76. The fraction of sp³-hybridized carbons (Fsp3) is 0.579. The first-order chi connectivity index (χ1) is 11.6. The van der Waals surface area contributed by atoms with Crippen LogP contribution in [0.3, 0.4) is 0 Å². The highest BCUT2D eigenvalue weighted by atomic mass is 35.5. The van der Waals surface area contributed by atoms with Gasteiger partial charge in [0.15, 0.2) is 6.61 Å². The lowest BCUT2D eigenvalue weighted by atomic mass is 9.65. The highest BCUT2D eigenvalue weighted by Crippen LogP contribution is 2.52. The first-order valence-electron chi connectivity index (χ1n) is 8.60. The van der Waals surface area contributed by atoms with Crippen molar-refractivity contribution in [2.24, 2.45) is 10.8 Å². The Hall–Kier alpha value is -1.75. The molecule has 1 amide bonds. The maximum Gasteiger partial charge on any atom is 0.340 e. The summed E-state index contributed by atoms with van der Waals surface area (Å²) in [6, 6.07) is 4.81. The Balaban J connectivity index is 1.62. The molecule has 0 aromatic heterocycles. The number of fused-ring (bicyclic) bond motifs is 2. The first-order valence-corrected chi connectivity index (χ1v) is 8.98. The number of amides is 1. The lowest BCUT2D eigenvalue weighted by Gasteiger charge is -2.39. The van der Waals surface area contributed by atoms with Gasteiger partial charge in [0.1, 0.15) is 0 Å². The lowest BCUT2D eigenvalue weighted by Crippen LogP contribution is -2.39. The van der Waals surface area contributed by atoms with Crippen molar-refractivity contribution in [3.63, 3.8) is 0 Å². The number of benzene rings is 1. The Labute approximate surface area is 153 Å². The molecular weight excluding hydrogens is 340 g/mol. The predicted molar refractivity (Wildman–Crippen MR) is 97.4 cm³/mol. The zero-order valence-corrected chi connectivity index (χ0v) is 15.7. The number of hydrogen-bond acceptors (Lipinski definition) is 4. The van der Waals surface area contributed by atoms with E-state index in [0.717, 1.165) is 25.8 Å². The van der Waals surface area contributed by atoms with Crippen molar-refractivity contribution in [3.8, 4) is 0 Å². The van der Waals surface area contributed by atoms with Crippen LogP contribution in [0.2, 0.25) is 5.02 Å². The van der Waals surface area contributed by atoms with Gasteiger partial charge in [-0.25, -0.2) is 4.79 Å². The van der Waals surface area contributed by atoms with Gasteiger partial charge in [0.2, 0.25) is 0 Å². The zero-order valence-electron chi connectivity index (χ0n) is 15.0. The van der Waals surface area contributed by atoms with Crippen LogP contribution in [0, 0.1) is 10.8 Å². The molecule has 2 fully saturated rings. The van der Waals surface area contributed by atoms with Gasteiger partial charge in [0, 0.05) is 23.3 Å². The predicted octanol–water partition coefficient (Wildman–Crippen LogP) is 3.51. The van der Waals surface area contributed by atoms with E-state index >= 15 is 0 Å². The zero-order chi connectivity index (χ0) is 18.4. The molecular formula is C19H25ClN2O3. The molecule has 136 valence electrons. The molecule has 2 bridgehead atoms. The molecule has 0 radical (unpaired) electrons. The summed E-state index contributed by atoms with van der Waals surface area (Å²) in [6.45, 7) is 7.24. The second-order valence-electron chi connectivity index (χ2n) is 8.54. The van der Waals surface area contributed by atoms with Crippen LogP contribution in [0.1, 0.15) is 50.4 Å². The van der Waals surface area contributed by atoms with Crippen molar-refractivity contribution >= 4 is 29.2 Å². The third-order valence-electron chi connectivity index (χ3n) is 5.30. The molecule has 1 aliphatic carbocycles. The van der Waals surface area contributed by atoms with Crippen molar-refractivity contribution in [3.05, 3.63) is 28.8 Å². The second kappa shape index (κ2) is 6.20. The molecule has 1 aliphatic heterocycles. The minimum Gasteiger partial charge on any atom is -0.452 e. The number of halogens is 1. The fourth-order valence-corrected chi connectivity index (χ4v) is 4.94. The van der Waals surface area contributed by atoms with Crippen molar-refractivity contribution < 1.29 is 14.3 Å². The average molecular weight is 365 g/mol. The number of nitrogens with zero attached hydrogens (tertiary/aromatic N) is 1. The van der Waals surface area contributed by atoms with Gasteiger partial charge in [-0.05, 0) is 48.3 Å². The second-order valence-corrected chi connectivity index (χ2v) is 8.98. The molecule has 1 aromatic carbocycles. The van der Waals surface area contributed by atoms with E-state index in [1.54, 1.807) is 6.07 Å². The van der Waals surface area contributed by atoms with Gasteiger partial charge >= 0.3 is 5.97 Å². The Kier molecular flexibility index (Phi) is 4.48. The number of esters is 1. The lowest BCUT2D eigenvalue weighted by molar-refractivity contribution is -0.135. The summed E-state index contributed by atoms with van der Waals surface area (Å²) in [7, 11) is 0. The number of carbonyl (C=O) groups excluding carboxylic acids is 2. The van der Waals surface area contributed by atoms with Crippen LogP contribution < -0.4 is 5.73 Å². The molecule has 2 atom stereocenters. The van der Waals surface area contributed by atoms with E-state index in [4.69, 9.17) is 22.1 Å². The van der Waals surface area contributed by atoms with Crippen LogP contribution >= 0.6 is 11.6 Å². The smallest absolute Gasteiger partial charge is 0.340 e. The molecule has 25 heavy (non-hydrogen) atoms. The molecule has 2 aliphatic rings. The van der Waals surface area contributed by atoms with Crippen LogP contribution in [-0.4, -0.2) is 36.0 Å². The molecule has 2 unspecified atom stereocenters. The minimum absolute atomic E-state index is 0.132. The van der Waals surface area contributed by atoms with E-state index in [-0.39, 0.29) is 40.6 Å². The van der Waals surface area contributed by atoms with Crippen LogP contribution in [-0.2, 0) is 9.53 Å². The number of nitrogens with two attached hydrogens (primary N) is 1. The van der Waals surface area contributed by atoms with Gasteiger partial charge in [-0.1, -0.05) is 32.4 Å². The first kappa shape index (κ1) is 18.1. The van der Waals surface area contributed by atoms with E-state index in [9.17, 15) is 9.59 Å². The fourth-order valence-electron chi connectivity index (χ4n) is 4.76. The Morgan fingerprint density at radius 3 is 2.72 bits per heavy atom. The summed E-state index contributed by atoms with van der Waals surface area (Å²) >= 11 is 5.83. The summed E-state index contributed by atoms with van der Waals surface area (Å²) in [5.41, 5.74) is 6.66. The normalized spacial score (nSPS) is 27.2. The summed E-state index contributed by atoms with van der Waals surface area (Å²) in [6.07, 6.45) is 3.13. The molecule has 5 nitrogen and oxygen atoms in total. The number of hydrogen-bond donors (Lipinski definition) is 1. The third-order valence-corrected chi connectivity index (χ3v) is 5.53. The van der Waals surface area contributed by atoms with E-state index in [1.165, 1.54) is 12.1 Å². The molecule has 1 saturated heterocycles. The number of ether oxygens (including phenoxy) is 1. The van der Waals surface area contributed by atoms with Gasteiger partial charge < -0.3 is 15.4 Å². The summed E-state index contributed by atoms with van der Waals surface area (Å²) in [5.74, 6) is -0.733. The maximum absolute atomic E-state index is 12.6. The topological polar surface area (TPSA) is 72.6 Å². The van der Waals surface area contributed by atoms with Crippen LogP contribution in [0.15, 0.2) is 18.2 Å². The summed E-state index contributed by atoms with van der Waals surface area (Å²) < 4.78 is 5.20. The average Bonchev–Trinajstić information content (AvgIpc) is 2.73. The molecule has 1 saturated carbocycles. The van der Waals surface area contributed by atoms with Crippen molar-refractivity contribution in [2.45, 2.75) is 46.1 Å². The van der Waals surface area contributed by atoms with Gasteiger partial charge in [0.25, 0.3) is 5.91 Å². The van der Waals surface area contributed by atoms with Crippen LogP contribution in [0.25, 0.3) is 0 Å². The van der Waals surface area contributed by atoms with Gasteiger partial charge in [-0.2, -0.15) is 0 Å². The number of carbonyl (C=O) groups is 2. The summed E-state index contributed by atoms with van der Waals surface area (Å²) in [5, 5.41) is 0.449. The van der Waals surface area contributed by atoms with Crippen LogP contribution in [0.4, 0.5) is 5.69 Å². The standard InChI is InChI=1S/C19H25ClN2O3/c1-18(2)7-13-8-19(3,10-18)11-22(13)16(23)9-25-17(24)14-5-4-12(20)6-15(14)21/h4-6,13H,7-11,21H2,1-3H3. The van der Waals surface area contributed by atoms with E-state index < -0.39 is 5.97 Å². The molecule has 1 aromatic rings. The highest BCUT2D eigenvalue weighted by Gasteiger charge is 2.50.